The summed E-state index contributed by atoms with van der Waals surface area (Å²) in [6.07, 6.45) is 6.57. The second-order valence-corrected chi connectivity index (χ2v) is 5.88. The van der Waals surface area contributed by atoms with E-state index in [1.54, 1.807) is 10.9 Å². The fourth-order valence-corrected chi connectivity index (χ4v) is 3.47. The third-order valence-electron chi connectivity index (χ3n) is 4.25. The van der Waals surface area contributed by atoms with Crippen molar-refractivity contribution in [3.63, 3.8) is 0 Å². The normalized spacial score (nSPS) is 17.9. The smallest absolute Gasteiger partial charge is 0.267 e. The van der Waals surface area contributed by atoms with Gasteiger partial charge in [0.15, 0.2) is 0 Å². The molecule has 1 aromatic heterocycles. The predicted octanol–water partition coefficient (Wildman–Crippen LogP) is 2.89. The predicted molar refractivity (Wildman–Crippen MR) is 80.8 cm³/mol. The standard InChI is InChI=1S/C15H18N2OS/c18-14-13-6-2-1-5-12(13)9-16-17(14)10-15(11-19)7-3-4-8-15/h1-2,5-6,9,19H,3-4,7-8,10-11H2. The maximum absolute atomic E-state index is 12.4. The van der Waals surface area contributed by atoms with Crippen LogP contribution in [0.4, 0.5) is 0 Å². The first-order valence-electron chi connectivity index (χ1n) is 6.80. The summed E-state index contributed by atoms with van der Waals surface area (Å²) in [5.74, 6) is 0.827. The van der Waals surface area contributed by atoms with Crippen LogP contribution in [0.25, 0.3) is 10.8 Å². The summed E-state index contributed by atoms with van der Waals surface area (Å²) in [6, 6.07) is 7.63. The molecule has 0 amide bonds. The number of thiol groups is 1. The summed E-state index contributed by atoms with van der Waals surface area (Å²) in [7, 11) is 0. The molecule has 0 unspecified atom stereocenters. The van der Waals surface area contributed by atoms with Gasteiger partial charge >= 0.3 is 0 Å². The van der Waals surface area contributed by atoms with E-state index in [0.717, 1.165) is 29.4 Å². The minimum atomic E-state index is 0.0196. The summed E-state index contributed by atoms with van der Waals surface area (Å²) < 4.78 is 1.63. The van der Waals surface area contributed by atoms with Gasteiger partial charge in [-0.15, -0.1) is 0 Å². The van der Waals surface area contributed by atoms with Crippen LogP contribution in [-0.2, 0) is 6.54 Å². The third-order valence-corrected chi connectivity index (χ3v) is 4.92. The van der Waals surface area contributed by atoms with Crippen molar-refractivity contribution >= 4 is 23.4 Å². The Morgan fingerprint density at radius 2 is 2.00 bits per heavy atom. The monoisotopic (exact) mass is 274 g/mol. The lowest BCUT2D eigenvalue weighted by Crippen LogP contribution is -2.33. The van der Waals surface area contributed by atoms with Crippen molar-refractivity contribution in [2.75, 3.05) is 5.75 Å². The Hall–Kier alpha value is -1.29. The van der Waals surface area contributed by atoms with Crippen LogP contribution in [0.5, 0.6) is 0 Å². The molecule has 1 aliphatic carbocycles. The van der Waals surface area contributed by atoms with E-state index in [1.165, 1.54) is 12.8 Å². The molecule has 1 heterocycles. The van der Waals surface area contributed by atoms with Gasteiger partial charge in [0.05, 0.1) is 18.1 Å². The number of fused-ring (bicyclic) bond motifs is 1. The first kappa shape index (κ1) is 12.7. The molecule has 0 radical (unpaired) electrons. The molecular weight excluding hydrogens is 256 g/mol. The molecular formula is C15H18N2OS. The lowest BCUT2D eigenvalue weighted by atomic mass is 9.88. The first-order valence-corrected chi connectivity index (χ1v) is 7.43. The SMILES string of the molecule is O=c1c2ccccc2cnn1CC1(CS)CCCC1. The number of aromatic nitrogens is 2. The van der Waals surface area contributed by atoms with Crippen LogP contribution in [0.1, 0.15) is 25.7 Å². The van der Waals surface area contributed by atoms with Crippen molar-refractivity contribution in [3.8, 4) is 0 Å². The highest BCUT2D eigenvalue weighted by atomic mass is 32.1. The largest absolute Gasteiger partial charge is 0.274 e. The number of hydrogen-bond donors (Lipinski definition) is 1. The molecule has 0 spiro atoms. The van der Waals surface area contributed by atoms with Crippen molar-refractivity contribution < 1.29 is 0 Å². The molecule has 0 aliphatic heterocycles. The van der Waals surface area contributed by atoms with Crippen LogP contribution in [-0.4, -0.2) is 15.5 Å². The van der Waals surface area contributed by atoms with E-state index in [-0.39, 0.29) is 11.0 Å². The molecule has 0 N–H and O–H groups in total. The Morgan fingerprint density at radius 3 is 2.74 bits per heavy atom. The summed E-state index contributed by atoms with van der Waals surface area (Å²) in [6.45, 7) is 0.695. The number of nitrogens with zero attached hydrogens (tertiary/aromatic N) is 2. The number of benzene rings is 1. The molecule has 1 fully saturated rings. The summed E-state index contributed by atoms with van der Waals surface area (Å²) in [4.78, 5) is 12.4. The van der Waals surface area contributed by atoms with Gasteiger partial charge in [0, 0.05) is 5.39 Å². The second-order valence-electron chi connectivity index (χ2n) is 5.56. The zero-order chi connectivity index (χ0) is 13.3. The molecule has 2 aromatic rings. The molecule has 0 atom stereocenters. The van der Waals surface area contributed by atoms with Gasteiger partial charge in [0.25, 0.3) is 5.56 Å². The van der Waals surface area contributed by atoms with E-state index in [2.05, 4.69) is 17.7 Å². The molecule has 0 saturated heterocycles. The third kappa shape index (κ3) is 2.29. The zero-order valence-corrected chi connectivity index (χ0v) is 11.8. The van der Waals surface area contributed by atoms with Crippen LogP contribution in [0.2, 0.25) is 0 Å². The fourth-order valence-electron chi connectivity index (χ4n) is 3.05. The first-order chi connectivity index (χ1) is 9.24. The average Bonchev–Trinajstić information content (AvgIpc) is 2.92. The van der Waals surface area contributed by atoms with Gasteiger partial charge in [0.1, 0.15) is 0 Å². The van der Waals surface area contributed by atoms with Gasteiger partial charge in [-0.25, -0.2) is 4.68 Å². The highest BCUT2D eigenvalue weighted by Gasteiger charge is 2.33. The van der Waals surface area contributed by atoms with Gasteiger partial charge < -0.3 is 0 Å². The van der Waals surface area contributed by atoms with Crippen LogP contribution in [0.3, 0.4) is 0 Å². The van der Waals surface area contributed by atoms with Crippen molar-refractivity contribution in [2.45, 2.75) is 32.2 Å². The minimum absolute atomic E-state index is 0.0196. The van der Waals surface area contributed by atoms with Gasteiger partial charge in [-0.2, -0.15) is 17.7 Å². The molecule has 0 bridgehead atoms. The Kier molecular flexibility index (Phi) is 3.35. The van der Waals surface area contributed by atoms with E-state index in [4.69, 9.17) is 0 Å². The highest BCUT2D eigenvalue weighted by Crippen LogP contribution is 2.40. The van der Waals surface area contributed by atoms with E-state index >= 15 is 0 Å². The second kappa shape index (κ2) is 5.00. The molecule has 1 aromatic carbocycles. The quantitative estimate of drug-likeness (QED) is 0.873. The van der Waals surface area contributed by atoms with Crippen LogP contribution < -0.4 is 5.56 Å². The van der Waals surface area contributed by atoms with E-state index in [0.29, 0.717) is 6.54 Å². The Balaban J connectivity index is 2.01. The Bertz CT molecular complexity index is 644. The molecule has 19 heavy (non-hydrogen) atoms. The fraction of sp³-hybridized carbons (Fsp3) is 0.467. The summed E-state index contributed by atoms with van der Waals surface area (Å²) >= 11 is 4.50. The van der Waals surface area contributed by atoms with Crippen molar-refractivity contribution in [3.05, 3.63) is 40.8 Å². The van der Waals surface area contributed by atoms with Crippen molar-refractivity contribution in [1.29, 1.82) is 0 Å². The number of hydrogen-bond acceptors (Lipinski definition) is 3. The van der Waals surface area contributed by atoms with E-state index < -0.39 is 0 Å². The minimum Gasteiger partial charge on any atom is -0.267 e. The lowest BCUT2D eigenvalue weighted by molar-refractivity contribution is 0.271. The van der Waals surface area contributed by atoms with Crippen LogP contribution in [0.15, 0.2) is 35.3 Å². The molecule has 1 saturated carbocycles. The molecule has 3 rings (SSSR count). The zero-order valence-electron chi connectivity index (χ0n) is 10.9. The van der Waals surface area contributed by atoms with Gasteiger partial charge in [-0.05, 0) is 30.1 Å². The van der Waals surface area contributed by atoms with Gasteiger partial charge in [-0.1, -0.05) is 31.0 Å². The van der Waals surface area contributed by atoms with Gasteiger partial charge in [0.2, 0.25) is 0 Å². The maximum Gasteiger partial charge on any atom is 0.274 e. The summed E-state index contributed by atoms with van der Waals surface area (Å²) in [5, 5.41) is 6.00. The number of rotatable bonds is 3. The van der Waals surface area contributed by atoms with Crippen molar-refractivity contribution in [1.82, 2.24) is 9.78 Å². The molecule has 100 valence electrons. The molecule has 3 nitrogen and oxygen atoms in total. The van der Waals surface area contributed by atoms with E-state index in [1.807, 2.05) is 24.3 Å². The summed E-state index contributed by atoms with van der Waals surface area (Å²) in [5.41, 5.74) is 0.175. The van der Waals surface area contributed by atoms with Gasteiger partial charge in [-0.3, -0.25) is 4.79 Å². The Morgan fingerprint density at radius 1 is 1.26 bits per heavy atom. The highest BCUT2D eigenvalue weighted by molar-refractivity contribution is 7.80. The maximum atomic E-state index is 12.4. The average molecular weight is 274 g/mol. The topological polar surface area (TPSA) is 34.9 Å². The van der Waals surface area contributed by atoms with Crippen LogP contribution in [0, 0.1) is 5.41 Å². The van der Waals surface area contributed by atoms with Crippen molar-refractivity contribution in [2.24, 2.45) is 5.41 Å². The Labute approximate surface area is 118 Å². The van der Waals surface area contributed by atoms with E-state index in [9.17, 15) is 4.79 Å². The molecule has 1 aliphatic rings. The lowest BCUT2D eigenvalue weighted by Gasteiger charge is -2.26. The van der Waals surface area contributed by atoms with Crippen LogP contribution >= 0.6 is 12.6 Å². The molecule has 4 heteroatoms.